The highest BCUT2D eigenvalue weighted by atomic mass is 16.4. The maximum absolute atomic E-state index is 11.2. The van der Waals surface area contributed by atoms with Crippen molar-refractivity contribution in [3.8, 4) is 0 Å². The lowest BCUT2D eigenvalue weighted by atomic mass is 9.95. The summed E-state index contributed by atoms with van der Waals surface area (Å²) < 4.78 is 0. The van der Waals surface area contributed by atoms with Gasteiger partial charge in [-0.1, -0.05) is 30.3 Å². The first-order valence-corrected chi connectivity index (χ1v) is 6.15. The van der Waals surface area contributed by atoms with Crippen molar-refractivity contribution >= 4 is 11.7 Å². The third kappa shape index (κ3) is 2.54. The monoisotopic (exact) mass is 268 g/mol. The molecule has 20 heavy (non-hydrogen) atoms. The number of hydrogen-bond donors (Lipinski definition) is 1. The summed E-state index contributed by atoms with van der Waals surface area (Å²) in [7, 11) is 0. The third-order valence-corrected chi connectivity index (χ3v) is 3.28. The van der Waals surface area contributed by atoms with E-state index >= 15 is 0 Å². The Morgan fingerprint density at radius 3 is 2.25 bits per heavy atom. The Balaban J connectivity index is 2.59. The molecule has 0 radical (unpaired) electrons. The molecule has 0 spiro atoms. The summed E-state index contributed by atoms with van der Waals surface area (Å²) in [5.74, 6) is -1.08. The van der Waals surface area contributed by atoms with E-state index < -0.39 is 5.97 Å². The molecule has 0 aliphatic rings. The van der Waals surface area contributed by atoms with Crippen molar-refractivity contribution in [2.24, 2.45) is 5.16 Å². The van der Waals surface area contributed by atoms with E-state index in [2.05, 4.69) is 5.16 Å². The smallest absolute Gasteiger partial charge is 0.336 e. The zero-order valence-corrected chi connectivity index (χ0v) is 11.3. The molecule has 0 saturated heterocycles. The Hall–Kier alpha value is -2.62. The van der Waals surface area contributed by atoms with E-state index in [1.807, 2.05) is 26.0 Å². The molecule has 0 atom stereocenters. The molecule has 2 aromatic carbocycles. The first-order chi connectivity index (χ1) is 9.54. The molecule has 0 aliphatic heterocycles. The van der Waals surface area contributed by atoms with Crippen LogP contribution in [-0.2, 0) is 0 Å². The molecular weight excluding hydrogens is 254 g/mol. The molecular formula is C16H14NO3-. The maximum atomic E-state index is 11.2. The number of carbonyl (C=O) groups is 1. The molecule has 2 aromatic rings. The van der Waals surface area contributed by atoms with Crippen LogP contribution in [0.2, 0.25) is 0 Å². The second kappa shape index (κ2) is 5.57. The number of rotatable bonds is 3. The number of carboxylic acid groups (broad SMARTS) is 1. The number of hydrogen-bond acceptors (Lipinski definition) is 3. The van der Waals surface area contributed by atoms with Crippen molar-refractivity contribution in [3.63, 3.8) is 0 Å². The van der Waals surface area contributed by atoms with Gasteiger partial charge in [-0.2, -0.15) is 0 Å². The predicted molar refractivity (Wildman–Crippen MR) is 78.3 cm³/mol. The average Bonchev–Trinajstić information content (AvgIpc) is 2.44. The number of benzene rings is 2. The SMILES string of the molecule is Cc1ccc(/C(=N/[O-])c2ccccc2C(=O)O)cc1C. The van der Waals surface area contributed by atoms with Crippen molar-refractivity contribution in [3.05, 3.63) is 75.5 Å². The van der Waals surface area contributed by atoms with Crippen LogP contribution in [0.1, 0.15) is 32.6 Å². The maximum Gasteiger partial charge on any atom is 0.336 e. The Labute approximate surface area is 117 Å². The minimum Gasteiger partial charge on any atom is -0.791 e. The summed E-state index contributed by atoms with van der Waals surface area (Å²) in [6.07, 6.45) is 0. The topological polar surface area (TPSA) is 72.7 Å². The molecule has 4 nitrogen and oxygen atoms in total. The molecule has 2 rings (SSSR count). The molecule has 0 fully saturated rings. The Bertz CT molecular complexity index is 690. The minimum absolute atomic E-state index is 0.0697. The highest BCUT2D eigenvalue weighted by molar-refractivity contribution is 6.17. The zero-order valence-electron chi connectivity index (χ0n) is 11.3. The minimum atomic E-state index is -1.08. The van der Waals surface area contributed by atoms with Gasteiger partial charge in [-0.3, -0.25) is 0 Å². The van der Waals surface area contributed by atoms with Crippen LogP contribution in [0, 0.1) is 19.1 Å². The lowest BCUT2D eigenvalue weighted by Crippen LogP contribution is -2.10. The fourth-order valence-electron chi connectivity index (χ4n) is 2.02. The van der Waals surface area contributed by atoms with Gasteiger partial charge in [0.15, 0.2) is 0 Å². The molecule has 0 unspecified atom stereocenters. The second-order valence-electron chi connectivity index (χ2n) is 4.59. The molecule has 0 heterocycles. The average molecular weight is 268 g/mol. The lowest BCUT2D eigenvalue weighted by Gasteiger charge is -2.13. The van der Waals surface area contributed by atoms with Gasteiger partial charge in [-0.15, -0.1) is 0 Å². The van der Waals surface area contributed by atoms with Gasteiger partial charge < -0.3 is 15.5 Å². The summed E-state index contributed by atoms with van der Waals surface area (Å²) >= 11 is 0. The van der Waals surface area contributed by atoms with Gasteiger partial charge in [0.2, 0.25) is 0 Å². The summed E-state index contributed by atoms with van der Waals surface area (Å²) in [5, 5.41) is 23.4. The Morgan fingerprint density at radius 1 is 1.05 bits per heavy atom. The second-order valence-corrected chi connectivity index (χ2v) is 4.59. The van der Waals surface area contributed by atoms with Crippen LogP contribution < -0.4 is 0 Å². The van der Waals surface area contributed by atoms with Gasteiger partial charge >= 0.3 is 5.97 Å². The van der Waals surface area contributed by atoms with E-state index in [9.17, 15) is 15.1 Å². The summed E-state index contributed by atoms with van der Waals surface area (Å²) in [6, 6.07) is 11.9. The summed E-state index contributed by atoms with van der Waals surface area (Å²) in [5.41, 5.74) is 3.29. The lowest BCUT2D eigenvalue weighted by molar-refractivity contribution is 0.0696. The number of aromatic carboxylic acids is 1. The standard InChI is InChI=1S/C16H15NO3/c1-10-7-8-12(9-11(10)2)15(17-20)13-5-3-4-6-14(13)16(18)19/h3-9,20H,1-2H3,(H,18,19)/p-1/b17-15-. The number of aryl methyl sites for hydroxylation is 2. The van der Waals surface area contributed by atoms with E-state index in [1.165, 1.54) is 6.07 Å². The van der Waals surface area contributed by atoms with Gasteiger partial charge in [0, 0.05) is 11.1 Å². The van der Waals surface area contributed by atoms with E-state index in [1.54, 1.807) is 24.3 Å². The van der Waals surface area contributed by atoms with Crippen LogP contribution >= 0.6 is 0 Å². The predicted octanol–water partition coefficient (Wildman–Crippen LogP) is 3.34. The van der Waals surface area contributed by atoms with Crippen molar-refractivity contribution in [2.75, 3.05) is 0 Å². The number of nitrogens with zero attached hydrogens (tertiary/aromatic N) is 1. The van der Waals surface area contributed by atoms with Gasteiger partial charge in [0.05, 0.1) is 11.3 Å². The fourth-order valence-corrected chi connectivity index (χ4v) is 2.02. The highest BCUT2D eigenvalue weighted by Crippen LogP contribution is 2.18. The molecule has 4 heteroatoms. The van der Waals surface area contributed by atoms with Crippen LogP contribution in [0.3, 0.4) is 0 Å². The quantitative estimate of drug-likeness (QED) is 0.685. The van der Waals surface area contributed by atoms with Gasteiger partial charge in [-0.05, 0) is 37.1 Å². The molecule has 0 bridgehead atoms. The molecule has 0 saturated carbocycles. The molecule has 102 valence electrons. The Morgan fingerprint density at radius 2 is 1.70 bits per heavy atom. The normalized spacial score (nSPS) is 11.4. The van der Waals surface area contributed by atoms with Crippen LogP contribution in [-0.4, -0.2) is 16.8 Å². The van der Waals surface area contributed by atoms with Crippen molar-refractivity contribution < 1.29 is 9.90 Å². The van der Waals surface area contributed by atoms with E-state index in [0.717, 1.165) is 11.1 Å². The third-order valence-electron chi connectivity index (χ3n) is 3.28. The van der Waals surface area contributed by atoms with Crippen molar-refractivity contribution in [1.29, 1.82) is 0 Å². The van der Waals surface area contributed by atoms with Crippen LogP contribution in [0.15, 0.2) is 47.6 Å². The fraction of sp³-hybridized carbons (Fsp3) is 0.125. The zero-order chi connectivity index (χ0) is 14.7. The first-order valence-electron chi connectivity index (χ1n) is 6.15. The first kappa shape index (κ1) is 13.8. The van der Waals surface area contributed by atoms with Gasteiger partial charge in [-0.25, -0.2) is 4.79 Å². The van der Waals surface area contributed by atoms with Crippen molar-refractivity contribution in [1.82, 2.24) is 0 Å². The van der Waals surface area contributed by atoms with E-state index in [-0.39, 0.29) is 11.3 Å². The molecule has 0 amide bonds. The Kier molecular flexibility index (Phi) is 3.84. The molecule has 0 aromatic heterocycles. The summed E-state index contributed by atoms with van der Waals surface area (Å²) in [4.78, 5) is 11.2. The van der Waals surface area contributed by atoms with Crippen LogP contribution in [0.4, 0.5) is 0 Å². The van der Waals surface area contributed by atoms with Crippen LogP contribution in [0.25, 0.3) is 0 Å². The van der Waals surface area contributed by atoms with E-state index in [0.29, 0.717) is 11.1 Å². The molecule has 1 N–H and O–H groups in total. The number of carboxylic acids is 1. The van der Waals surface area contributed by atoms with E-state index in [4.69, 9.17) is 0 Å². The molecule has 0 aliphatic carbocycles. The van der Waals surface area contributed by atoms with Crippen molar-refractivity contribution in [2.45, 2.75) is 13.8 Å². The van der Waals surface area contributed by atoms with Gasteiger partial charge in [0.1, 0.15) is 0 Å². The summed E-state index contributed by atoms with van der Waals surface area (Å²) in [6.45, 7) is 3.91. The van der Waals surface area contributed by atoms with Gasteiger partial charge in [0.25, 0.3) is 0 Å². The highest BCUT2D eigenvalue weighted by Gasteiger charge is 2.15. The largest absolute Gasteiger partial charge is 0.791 e. The van der Waals surface area contributed by atoms with Crippen LogP contribution in [0.5, 0.6) is 0 Å².